The van der Waals surface area contributed by atoms with Gasteiger partial charge >= 0.3 is 5.97 Å². The Morgan fingerprint density at radius 3 is 2.73 bits per heavy atom. The molecule has 0 radical (unpaired) electrons. The van der Waals surface area contributed by atoms with Crippen LogP contribution in [0.1, 0.15) is 47.4 Å². The molecule has 26 heavy (non-hydrogen) atoms. The summed E-state index contributed by atoms with van der Waals surface area (Å²) < 4.78 is 10.6. The lowest BCUT2D eigenvalue weighted by Crippen LogP contribution is -2.36. The topological polar surface area (TPSA) is 68.7 Å². The quantitative estimate of drug-likeness (QED) is 0.746. The summed E-state index contributed by atoms with van der Waals surface area (Å²) in [6.45, 7) is 4.35. The van der Waals surface area contributed by atoms with Gasteiger partial charge in [-0.2, -0.15) is 0 Å². The molecule has 0 spiro atoms. The number of pyridine rings is 1. The van der Waals surface area contributed by atoms with Gasteiger partial charge in [0.05, 0.1) is 19.3 Å². The van der Waals surface area contributed by atoms with Crippen LogP contribution in [0.3, 0.4) is 0 Å². The van der Waals surface area contributed by atoms with E-state index < -0.39 is 12.0 Å². The molecule has 2 aromatic rings. The molecule has 0 bridgehead atoms. The van der Waals surface area contributed by atoms with Gasteiger partial charge < -0.3 is 14.4 Å². The fourth-order valence-electron chi connectivity index (χ4n) is 3.32. The number of rotatable bonds is 6. The number of esters is 1. The highest BCUT2D eigenvalue weighted by Crippen LogP contribution is 2.40. The maximum Gasteiger partial charge on any atom is 0.333 e. The van der Waals surface area contributed by atoms with Gasteiger partial charge in [0.1, 0.15) is 5.75 Å². The summed E-state index contributed by atoms with van der Waals surface area (Å²) in [6.07, 6.45) is 1.72. The average molecular weight is 354 g/mol. The monoisotopic (exact) mass is 354 g/mol. The van der Waals surface area contributed by atoms with Crippen LogP contribution >= 0.6 is 0 Å². The van der Waals surface area contributed by atoms with E-state index in [-0.39, 0.29) is 18.4 Å². The third kappa shape index (κ3) is 3.14. The normalized spacial score (nSPS) is 17.0. The van der Waals surface area contributed by atoms with E-state index in [4.69, 9.17) is 9.47 Å². The Morgan fingerprint density at radius 2 is 2.08 bits per heavy atom. The molecule has 1 aliphatic heterocycles. The molecule has 2 atom stereocenters. The summed E-state index contributed by atoms with van der Waals surface area (Å²) in [5.41, 5.74) is 1.92. The number of hydrogen-bond donors (Lipinski definition) is 0. The minimum atomic E-state index is -0.765. The third-order valence-electron chi connectivity index (χ3n) is 4.53. The van der Waals surface area contributed by atoms with Crippen LogP contribution in [0.2, 0.25) is 0 Å². The van der Waals surface area contributed by atoms with Gasteiger partial charge in [-0.25, -0.2) is 4.79 Å². The van der Waals surface area contributed by atoms with Crippen LogP contribution in [0, 0.1) is 0 Å². The molecule has 3 rings (SSSR count). The highest BCUT2D eigenvalue weighted by molar-refractivity contribution is 6.05. The Hall–Kier alpha value is -2.89. The third-order valence-corrected chi connectivity index (χ3v) is 4.53. The lowest BCUT2D eigenvalue weighted by molar-refractivity contribution is -0.148. The Balaban J connectivity index is 1.97. The lowest BCUT2D eigenvalue weighted by Gasteiger charge is -2.26. The van der Waals surface area contributed by atoms with Gasteiger partial charge in [0.15, 0.2) is 6.04 Å². The van der Waals surface area contributed by atoms with E-state index in [1.165, 1.54) is 7.11 Å². The molecule has 2 unspecified atom stereocenters. The van der Waals surface area contributed by atoms with Crippen molar-refractivity contribution < 1.29 is 19.1 Å². The van der Waals surface area contributed by atoms with E-state index in [0.29, 0.717) is 23.4 Å². The largest absolute Gasteiger partial charge is 0.496 e. The van der Waals surface area contributed by atoms with Crippen LogP contribution in [0.15, 0.2) is 42.6 Å². The molecular weight excluding hydrogens is 332 g/mol. The molecule has 1 aromatic carbocycles. The fraction of sp³-hybridized carbons (Fsp3) is 0.350. The highest BCUT2D eigenvalue weighted by atomic mass is 16.5. The summed E-state index contributed by atoms with van der Waals surface area (Å²) >= 11 is 0. The van der Waals surface area contributed by atoms with Crippen molar-refractivity contribution in [1.29, 1.82) is 0 Å². The molecule has 1 aromatic heterocycles. The standard InChI is InChI=1S/C20H22N2O4/c1-4-26-20(24)18-14-8-7-10-16(25-3)17(14)19(23)22(18)12-13(2)15-9-5-6-11-21-15/h5-11,13,18H,4,12H2,1-3H3. The molecular formula is C20H22N2O4. The smallest absolute Gasteiger partial charge is 0.333 e. The number of benzene rings is 1. The first-order valence-electron chi connectivity index (χ1n) is 8.63. The van der Waals surface area contributed by atoms with E-state index in [9.17, 15) is 9.59 Å². The van der Waals surface area contributed by atoms with Gasteiger partial charge in [0.25, 0.3) is 5.91 Å². The number of nitrogens with zero attached hydrogens (tertiary/aromatic N) is 2. The number of ether oxygens (including phenoxy) is 2. The van der Waals surface area contributed by atoms with Crippen LogP contribution in [-0.2, 0) is 9.53 Å². The first kappa shape index (κ1) is 17.9. The summed E-state index contributed by atoms with van der Waals surface area (Å²) in [6, 6.07) is 10.2. The van der Waals surface area contributed by atoms with Crippen LogP contribution in [0.4, 0.5) is 0 Å². The Bertz CT molecular complexity index is 807. The summed E-state index contributed by atoms with van der Waals surface area (Å²) in [5.74, 6) is -0.216. The van der Waals surface area contributed by atoms with E-state index in [1.807, 2.05) is 25.1 Å². The van der Waals surface area contributed by atoms with E-state index in [2.05, 4.69) is 4.98 Å². The summed E-state index contributed by atoms with van der Waals surface area (Å²) in [7, 11) is 1.52. The van der Waals surface area contributed by atoms with Crippen LogP contribution < -0.4 is 4.74 Å². The van der Waals surface area contributed by atoms with Crippen molar-refractivity contribution >= 4 is 11.9 Å². The maximum absolute atomic E-state index is 13.1. The van der Waals surface area contributed by atoms with E-state index in [0.717, 1.165) is 5.69 Å². The molecule has 0 aliphatic carbocycles. The number of hydrogen-bond acceptors (Lipinski definition) is 5. The number of amides is 1. The number of methoxy groups -OCH3 is 1. The first-order chi connectivity index (χ1) is 12.6. The molecule has 6 nitrogen and oxygen atoms in total. The van der Waals surface area contributed by atoms with E-state index >= 15 is 0 Å². The molecule has 0 saturated heterocycles. The van der Waals surface area contributed by atoms with Crippen LogP contribution in [0.5, 0.6) is 5.75 Å². The number of carbonyl (C=O) groups excluding carboxylic acids is 2. The van der Waals surface area contributed by atoms with Crippen LogP contribution in [-0.4, -0.2) is 42.0 Å². The highest BCUT2D eigenvalue weighted by Gasteiger charge is 2.44. The van der Waals surface area contributed by atoms with Crippen molar-refractivity contribution in [3.63, 3.8) is 0 Å². The van der Waals surface area contributed by atoms with Gasteiger partial charge in [-0.15, -0.1) is 0 Å². The van der Waals surface area contributed by atoms with Crippen molar-refractivity contribution in [2.24, 2.45) is 0 Å². The van der Waals surface area contributed by atoms with E-state index in [1.54, 1.807) is 36.2 Å². The zero-order valence-electron chi connectivity index (χ0n) is 15.1. The number of fused-ring (bicyclic) bond motifs is 1. The van der Waals surface area contributed by atoms with Crippen molar-refractivity contribution in [3.05, 3.63) is 59.4 Å². The van der Waals surface area contributed by atoms with Gasteiger partial charge in [-0.05, 0) is 25.1 Å². The van der Waals surface area contributed by atoms with Crippen molar-refractivity contribution in [2.75, 3.05) is 20.3 Å². The predicted octanol–water partition coefficient (Wildman–Crippen LogP) is 2.95. The van der Waals surface area contributed by atoms with Gasteiger partial charge in [0, 0.05) is 29.9 Å². The molecule has 1 aliphatic rings. The molecule has 0 saturated carbocycles. The second-order valence-electron chi connectivity index (χ2n) is 6.19. The van der Waals surface area contributed by atoms with Gasteiger partial charge in [0.2, 0.25) is 0 Å². The number of aromatic nitrogens is 1. The second-order valence-corrected chi connectivity index (χ2v) is 6.19. The van der Waals surface area contributed by atoms with Gasteiger partial charge in [-0.3, -0.25) is 9.78 Å². The zero-order valence-corrected chi connectivity index (χ0v) is 15.1. The minimum Gasteiger partial charge on any atom is -0.496 e. The Kier molecular flexibility index (Phi) is 5.21. The molecule has 0 fully saturated rings. The minimum absolute atomic E-state index is 0.0302. The number of carbonyl (C=O) groups is 2. The Morgan fingerprint density at radius 1 is 1.27 bits per heavy atom. The summed E-state index contributed by atoms with van der Waals surface area (Å²) in [4.78, 5) is 31.6. The summed E-state index contributed by atoms with van der Waals surface area (Å²) in [5, 5.41) is 0. The fourth-order valence-corrected chi connectivity index (χ4v) is 3.32. The average Bonchev–Trinajstić information content (AvgIpc) is 2.94. The van der Waals surface area contributed by atoms with Crippen molar-refractivity contribution in [1.82, 2.24) is 9.88 Å². The molecule has 0 N–H and O–H groups in total. The van der Waals surface area contributed by atoms with Gasteiger partial charge in [-0.1, -0.05) is 25.1 Å². The first-order valence-corrected chi connectivity index (χ1v) is 8.63. The Labute approximate surface area is 152 Å². The van der Waals surface area contributed by atoms with Crippen molar-refractivity contribution in [2.45, 2.75) is 25.8 Å². The molecule has 136 valence electrons. The maximum atomic E-state index is 13.1. The molecule has 1 amide bonds. The SMILES string of the molecule is CCOC(=O)C1c2cccc(OC)c2C(=O)N1CC(C)c1ccccn1. The van der Waals surface area contributed by atoms with Crippen LogP contribution in [0.25, 0.3) is 0 Å². The van der Waals surface area contributed by atoms with Crippen molar-refractivity contribution in [3.8, 4) is 5.75 Å². The lowest BCUT2D eigenvalue weighted by atomic mass is 10.0. The molecule has 2 heterocycles. The zero-order chi connectivity index (χ0) is 18.7. The predicted molar refractivity (Wildman–Crippen MR) is 96.1 cm³/mol. The second kappa shape index (κ2) is 7.56. The molecule has 6 heteroatoms.